The van der Waals surface area contributed by atoms with E-state index in [1.165, 1.54) is 12.1 Å². The quantitative estimate of drug-likeness (QED) is 0.870. The van der Waals surface area contributed by atoms with Crippen LogP contribution in [0.15, 0.2) is 18.2 Å². The fourth-order valence-corrected chi connectivity index (χ4v) is 2.89. The van der Waals surface area contributed by atoms with Crippen LogP contribution in [-0.2, 0) is 30.7 Å². The van der Waals surface area contributed by atoms with Gasteiger partial charge in [-0.2, -0.15) is 0 Å². The van der Waals surface area contributed by atoms with E-state index in [0.717, 1.165) is 18.1 Å². The van der Waals surface area contributed by atoms with E-state index < -0.39 is 5.82 Å². The molecule has 1 aromatic carbocycles. The predicted octanol–water partition coefficient (Wildman–Crippen LogP) is 2.22. The fraction of sp³-hybridized carbons (Fsp3) is 0.400. The van der Waals surface area contributed by atoms with Gasteiger partial charge in [0, 0.05) is 30.1 Å². The number of aromatic nitrogens is 3. The Bertz CT molecular complexity index is 695. The van der Waals surface area contributed by atoms with E-state index in [1.54, 1.807) is 11.0 Å². The van der Waals surface area contributed by atoms with E-state index in [1.807, 2.05) is 11.5 Å². The molecule has 0 unspecified atom stereocenters. The molecule has 1 aromatic heterocycles. The van der Waals surface area contributed by atoms with Gasteiger partial charge in [-0.1, -0.05) is 24.6 Å². The molecular weight excluding hydrogens is 307 g/mol. The third-order valence-electron chi connectivity index (χ3n) is 3.89. The van der Waals surface area contributed by atoms with Gasteiger partial charge in [0.1, 0.15) is 11.6 Å². The van der Waals surface area contributed by atoms with E-state index >= 15 is 0 Å². The van der Waals surface area contributed by atoms with Crippen LogP contribution in [0.1, 0.15) is 24.1 Å². The van der Waals surface area contributed by atoms with E-state index in [0.29, 0.717) is 19.6 Å². The Hall–Kier alpha value is -1.95. The molecule has 0 N–H and O–H groups in total. The van der Waals surface area contributed by atoms with Gasteiger partial charge in [-0.25, -0.2) is 4.39 Å². The van der Waals surface area contributed by atoms with Crippen molar-refractivity contribution in [2.24, 2.45) is 0 Å². The second kappa shape index (κ2) is 6.04. The number of nitrogens with zero attached hydrogens (tertiary/aromatic N) is 4. The van der Waals surface area contributed by atoms with Gasteiger partial charge in [0.2, 0.25) is 5.91 Å². The molecule has 0 aliphatic carbocycles. The summed E-state index contributed by atoms with van der Waals surface area (Å²) in [6, 6.07) is 4.43. The molecule has 0 fully saturated rings. The molecule has 1 aliphatic heterocycles. The van der Waals surface area contributed by atoms with Crippen LogP contribution in [0.25, 0.3) is 0 Å². The first-order valence-corrected chi connectivity index (χ1v) is 7.59. The smallest absolute Gasteiger partial charge is 0.227 e. The molecule has 0 spiro atoms. The zero-order chi connectivity index (χ0) is 15.7. The highest BCUT2D eigenvalue weighted by molar-refractivity contribution is 6.31. The summed E-state index contributed by atoms with van der Waals surface area (Å²) in [5, 5.41) is 8.52. The van der Waals surface area contributed by atoms with E-state index in [9.17, 15) is 9.18 Å². The van der Waals surface area contributed by atoms with Gasteiger partial charge in [0.15, 0.2) is 5.82 Å². The van der Waals surface area contributed by atoms with Crippen LogP contribution in [0.2, 0.25) is 5.02 Å². The molecule has 0 atom stereocenters. The van der Waals surface area contributed by atoms with E-state index in [4.69, 9.17) is 11.6 Å². The Morgan fingerprint density at radius 2 is 2.18 bits per heavy atom. The number of benzene rings is 1. The average molecular weight is 323 g/mol. The number of halogens is 2. The first-order chi connectivity index (χ1) is 10.6. The molecule has 0 radical (unpaired) electrons. The van der Waals surface area contributed by atoms with Gasteiger partial charge in [0.05, 0.1) is 13.0 Å². The number of hydrogen-bond donors (Lipinski definition) is 0. The van der Waals surface area contributed by atoms with E-state index in [-0.39, 0.29) is 22.9 Å². The summed E-state index contributed by atoms with van der Waals surface area (Å²) in [6.45, 7) is 3.66. The minimum Gasteiger partial charge on any atom is -0.333 e. The van der Waals surface area contributed by atoms with Crippen molar-refractivity contribution in [3.8, 4) is 0 Å². The molecule has 2 heterocycles. The van der Waals surface area contributed by atoms with Crippen molar-refractivity contribution < 1.29 is 9.18 Å². The zero-order valence-corrected chi connectivity index (χ0v) is 13.0. The normalized spacial score (nSPS) is 14.0. The van der Waals surface area contributed by atoms with Crippen molar-refractivity contribution in [2.45, 2.75) is 32.9 Å². The Kier molecular flexibility index (Phi) is 4.11. The Morgan fingerprint density at radius 1 is 1.36 bits per heavy atom. The minimum absolute atomic E-state index is 0.0414. The summed E-state index contributed by atoms with van der Waals surface area (Å²) in [5.41, 5.74) is 0.246. The maximum Gasteiger partial charge on any atom is 0.227 e. The van der Waals surface area contributed by atoms with Gasteiger partial charge in [0.25, 0.3) is 0 Å². The van der Waals surface area contributed by atoms with Crippen LogP contribution in [0.4, 0.5) is 4.39 Å². The van der Waals surface area contributed by atoms with Gasteiger partial charge in [-0.05, 0) is 12.1 Å². The van der Waals surface area contributed by atoms with Crippen molar-refractivity contribution in [1.29, 1.82) is 0 Å². The molecule has 1 amide bonds. The summed E-state index contributed by atoms with van der Waals surface area (Å²) in [6.07, 6.45) is 0.770. The lowest BCUT2D eigenvalue weighted by Crippen LogP contribution is -2.39. The van der Waals surface area contributed by atoms with Crippen molar-refractivity contribution in [3.05, 3.63) is 46.3 Å². The Morgan fingerprint density at radius 3 is 2.91 bits per heavy atom. The average Bonchev–Trinajstić information content (AvgIpc) is 2.93. The number of aryl methyl sites for hydroxylation is 1. The van der Waals surface area contributed by atoms with Crippen LogP contribution in [0.3, 0.4) is 0 Å². The number of amides is 1. The van der Waals surface area contributed by atoms with Gasteiger partial charge < -0.3 is 9.47 Å². The van der Waals surface area contributed by atoms with Crippen LogP contribution in [0.5, 0.6) is 0 Å². The maximum absolute atomic E-state index is 13.8. The highest BCUT2D eigenvalue weighted by Gasteiger charge is 2.25. The van der Waals surface area contributed by atoms with Crippen LogP contribution in [-0.4, -0.2) is 32.1 Å². The molecule has 2 aromatic rings. The largest absolute Gasteiger partial charge is 0.333 e. The highest BCUT2D eigenvalue weighted by Crippen LogP contribution is 2.21. The Labute approximate surface area is 132 Å². The number of carbonyl (C=O) groups is 1. The standard InChI is InChI=1S/C15H16ClFN4O/c1-2-13-18-19-14-9-20(6-7-21(13)14)15(22)8-10-11(16)4-3-5-12(10)17/h3-5H,2,6-9H2,1H3. The minimum atomic E-state index is -0.450. The number of carbonyl (C=O) groups excluding carboxylic acids is 1. The van der Waals surface area contributed by atoms with Crippen molar-refractivity contribution >= 4 is 17.5 Å². The lowest BCUT2D eigenvalue weighted by atomic mass is 10.1. The first kappa shape index (κ1) is 15.0. The predicted molar refractivity (Wildman–Crippen MR) is 79.9 cm³/mol. The summed E-state index contributed by atoms with van der Waals surface area (Å²) in [5.74, 6) is 1.10. The van der Waals surface area contributed by atoms with Gasteiger partial charge in [-0.15, -0.1) is 10.2 Å². The molecule has 3 rings (SSSR count). The van der Waals surface area contributed by atoms with Crippen molar-refractivity contribution in [2.75, 3.05) is 6.54 Å². The Balaban J connectivity index is 1.74. The zero-order valence-electron chi connectivity index (χ0n) is 12.2. The number of fused-ring (bicyclic) bond motifs is 1. The number of hydrogen-bond acceptors (Lipinski definition) is 3. The fourth-order valence-electron chi connectivity index (χ4n) is 2.66. The first-order valence-electron chi connectivity index (χ1n) is 7.21. The second-order valence-electron chi connectivity index (χ2n) is 5.23. The van der Waals surface area contributed by atoms with Crippen LogP contribution >= 0.6 is 11.6 Å². The molecule has 1 aliphatic rings. The maximum atomic E-state index is 13.8. The lowest BCUT2D eigenvalue weighted by molar-refractivity contribution is -0.132. The second-order valence-corrected chi connectivity index (χ2v) is 5.64. The molecule has 7 heteroatoms. The third-order valence-corrected chi connectivity index (χ3v) is 4.24. The molecule has 0 saturated heterocycles. The summed E-state index contributed by atoms with van der Waals surface area (Å²) < 4.78 is 15.8. The highest BCUT2D eigenvalue weighted by atomic mass is 35.5. The van der Waals surface area contributed by atoms with Gasteiger partial charge >= 0.3 is 0 Å². The lowest BCUT2D eigenvalue weighted by Gasteiger charge is -2.28. The third kappa shape index (κ3) is 2.70. The SMILES string of the molecule is CCc1nnc2n1CCN(C(=O)Cc1c(F)cccc1Cl)C2. The van der Waals surface area contributed by atoms with Gasteiger partial charge in [-0.3, -0.25) is 4.79 Å². The van der Waals surface area contributed by atoms with Crippen molar-refractivity contribution in [3.63, 3.8) is 0 Å². The molecule has 5 nitrogen and oxygen atoms in total. The van der Waals surface area contributed by atoms with Crippen LogP contribution in [0, 0.1) is 5.82 Å². The molecular formula is C15H16ClFN4O. The van der Waals surface area contributed by atoms with E-state index in [2.05, 4.69) is 10.2 Å². The summed E-state index contributed by atoms with van der Waals surface area (Å²) in [7, 11) is 0. The molecule has 0 saturated carbocycles. The molecule has 22 heavy (non-hydrogen) atoms. The van der Waals surface area contributed by atoms with Crippen molar-refractivity contribution in [1.82, 2.24) is 19.7 Å². The molecule has 116 valence electrons. The monoisotopic (exact) mass is 322 g/mol. The molecule has 0 bridgehead atoms. The topological polar surface area (TPSA) is 51.0 Å². The summed E-state index contributed by atoms with van der Waals surface area (Å²) >= 11 is 5.98. The number of rotatable bonds is 3. The van der Waals surface area contributed by atoms with Crippen LogP contribution < -0.4 is 0 Å². The summed E-state index contributed by atoms with van der Waals surface area (Å²) in [4.78, 5) is 14.1.